The van der Waals surface area contributed by atoms with Crippen LogP contribution in [0.25, 0.3) is 0 Å². The van der Waals surface area contributed by atoms with Gasteiger partial charge in [-0.1, -0.05) is 62.7 Å². The summed E-state index contributed by atoms with van der Waals surface area (Å²) in [7, 11) is 0. The van der Waals surface area contributed by atoms with Crippen molar-refractivity contribution in [3.8, 4) is 17.4 Å². The van der Waals surface area contributed by atoms with E-state index in [4.69, 9.17) is 21.1 Å². The van der Waals surface area contributed by atoms with E-state index in [0.717, 1.165) is 35.3 Å². The molecular formula is C25H25ClN2O3. The SMILES string of the molecule is Cc1cccc(C2CC2)c1Oc1nnc(Cl)cc1OC(=O)c1ccc(C(C)(C)C)cc1. The van der Waals surface area contributed by atoms with E-state index in [-0.39, 0.29) is 22.2 Å². The molecule has 0 bridgehead atoms. The summed E-state index contributed by atoms with van der Waals surface area (Å²) in [5.74, 6) is 0.952. The van der Waals surface area contributed by atoms with E-state index >= 15 is 0 Å². The first-order chi connectivity index (χ1) is 14.7. The highest BCUT2D eigenvalue weighted by atomic mass is 35.5. The first kappa shape index (κ1) is 21.3. The van der Waals surface area contributed by atoms with Crippen molar-refractivity contribution in [2.24, 2.45) is 0 Å². The molecule has 0 N–H and O–H groups in total. The van der Waals surface area contributed by atoms with Crippen molar-refractivity contribution in [2.45, 2.75) is 51.9 Å². The Labute approximate surface area is 187 Å². The second-order valence-electron chi connectivity index (χ2n) is 8.92. The number of nitrogens with zero attached hydrogens (tertiary/aromatic N) is 2. The number of benzene rings is 2. The molecule has 3 aromatic rings. The van der Waals surface area contributed by atoms with E-state index in [9.17, 15) is 4.79 Å². The third kappa shape index (κ3) is 4.88. The maximum absolute atomic E-state index is 12.8. The van der Waals surface area contributed by atoms with Crippen LogP contribution in [0.3, 0.4) is 0 Å². The maximum Gasteiger partial charge on any atom is 0.343 e. The zero-order valence-electron chi connectivity index (χ0n) is 18.1. The van der Waals surface area contributed by atoms with E-state index in [1.165, 1.54) is 6.07 Å². The molecule has 1 fully saturated rings. The van der Waals surface area contributed by atoms with Crippen LogP contribution >= 0.6 is 11.6 Å². The lowest BCUT2D eigenvalue weighted by molar-refractivity contribution is 0.0729. The lowest BCUT2D eigenvalue weighted by Gasteiger charge is -2.19. The molecule has 2 aromatic carbocycles. The Morgan fingerprint density at radius 3 is 2.42 bits per heavy atom. The summed E-state index contributed by atoms with van der Waals surface area (Å²) >= 11 is 6.02. The third-order valence-electron chi connectivity index (χ3n) is 5.34. The Bertz CT molecular complexity index is 1120. The first-order valence-corrected chi connectivity index (χ1v) is 10.7. The van der Waals surface area contributed by atoms with E-state index in [0.29, 0.717) is 11.5 Å². The quantitative estimate of drug-likeness (QED) is 0.420. The van der Waals surface area contributed by atoms with Gasteiger partial charge in [0.05, 0.1) is 5.56 Å². The van der Waals surface area contributed by atoms with Crippen LogP contribution in [0.4, 0.5) is 0 Å². The van der Waals surface area contributed by atoms with Gasteiger partial charge in [-0.25, -0.2) is 4.79 Å². The minimum Gasteiger partial charge on any atom is -0.434 e. The Hall–Kier alpha value is -2.92. The Morgan fingerprint density at radius 2 is 1.77 bits per heavy atom. The number of carbonyl (C=O) groups excluding carboxylic acids is 1. The second kappa shape index (κ2) is 8.31. The molecular weight excluding hydrogens is 412 g/mol. The number of aromatic nitrogens is 2. The van der Waals surface area contributed by atoms with Gasteiger partial charge in [0.1, 0.15) is 5.75 Å². The Morgan fingerprint density at radius 1 is 1.06 bits per heavy atom. The maximum atomic E-state index is 12.8. The minimum absolute atomic E-state index is 0.00119. The lowest BCUT2D eigenvalue weighted by atomic mass is 9.87. The van der Waals surface area contributed by atoms with Crippen LogP contribution in [0.1, 0.15) is 66.6 Å². The average Bonchev–Trinajstić information content (AvgIpc) is 3.56. The molecule has 0 aliphatic heterocycles. The van der Waals surface area contributed by atoms with Gasteiger partial charge < -0.3 is 9.47 Å². The Kier molecular flexibility index (Phi) is 5.71. The van der Waals surface area contributed by atoms with Crippen molar-refractivity contribution in [3.05, 3.63) is 75.9 Å². The van der Waals surface area contributed by atoms with Crippen LogP contribution in [0, 0.1) is 6.92 Å². The number of hydrogen-bond acceptors (Lipinski definition) is 5. The zero-order valence-corrected chi connectivity index (χ0v) is 18.9. The average molecular weight is 437 g/mol. The number of esters is 1. The van der Waals surface area contributed by atoms with Crippen LogP contribution in [0.15, 0.2) is 48.5 Å². The molecule has 160 valence electrons. The van der Waals surface area contributed by atoms with Crippen LogP contribution in [-0.2, 0) is 5.41 Å². The molecule has 31 heavy (non-hydrogen) atoms. The highest BCUT2D eigenvalue weighted by molar-refractivity contribution is 6.29. The molecule has 1 saturated carbocycles. The van der Waals surface area contributed by atoms with Crippen LogP contribution in [0.5, 0.6) is 17.4 Å². The lowest BCUT2D eigenvalue weighted by Crippen LogP contribution is -2.13. The highest BCUT2D eigenvalue weighted by Gasteiger charge is 2.28. The summed E-state index contributed by atoms with van der Waals surface area (Å²) in [6, 6.07) is 14.9. The van der Waals surface area contributed by atoms with Gasteiger partial charge in [-0.15, -0.1) is 10.2 Å². The van der Waals surface area contributed by atoms with Crippen molar-refractivity contribution < 1.29 is 14.3 Å². The normalized spacial score (nSPS) is 13.7. The molecule has 0 amide bonds. The van der Waals surface area contributed by atoms with Gasteiger partial charge in [-0.2, -0.15) is 0 Å². The van der Waals surface area contributed by atoms with Gasteiger partial charge in [-0.05, 0) is 59.9 Å². The van der Waals surface area contributed by atoms with E-state index in [2.05, 4.69) is 37.0 Å². The van der Waals surface area contributed by atoms with E-state index in [1.807, 2.05) is 31.2 Å². The third-order valence-corrected chi connectivity index (χ3v) is 5.53. The number of aryl methyl sites for hydroxylation is 1. The van der Waals surface area contributed by atoms with Gasteiger partial charge in [-0.3, -0.25) is 0 Å². The Balaban J connectivity index is 1.60. The molecule has 6 heteroatoms. The van der Waals surface area contributed by atoms with Gasteiger partial charge in [0.2, 0.25) is 0 Å². The summed E-state index contributed by atoms with van der Waals surface area (Å²) in [6.45, 7) is 8.34. The summed E-state index contributed by atoms with van der Waals surface area (Å²) in [5, 5.41) is 8.04. The van der Waals surface area contributed by atoms with E-state index in [1.54, 1.807) is 12.1 Å². The first-order valence-electron chi connectivity index (χ1n) is 10.4. The highest BCUT2D eigenvalue weighted by Crippen LogP contribution is 2.46. The fourth-order valence-corrected chi connectivity index (χ4v) is 3.51. The van der Waals surface area contributed by atoms with Crippen molar-refractivity contribution in [2.75, 3.05) is 0 Å². The second-order valence-corrected chi connectivity index (χ2v) is 9.31. The number of carbonyl (C=O) groups is 1. The van der Waals surface area contributed by atoms with Gasteiger partial charge in [0, 0.05) is 6.07 Å². The fraction of sp³-hybridized carbons (Fsp3) is 0.320. The monoisotopic (exact) mass is 436 g/mol. The van der Waals surface area contributed by atoms with Crippen molar-refractivity contribution in [3.63, 3.8) is 0 Å². The van der Waals surface area contributed by atoms with Crippen molar-refractivity contribution in [1.82, 2.24) is 10.2 Å². The van der Waals surface area contributed by atoms with E-state index < -0.39 is 5.97 Å². The largest absolute Gasteiger partial charge is 0.434 e. The summed E-state index contributed by atoms with van der Waals surface area (Å²) in [5.41, 5.74) is 3.68. The van der Waals surface area contributed by atoms with Gasteiger partial charge in [0.25, 0.3) is 5.88 Å². The molecule has 0 unspecified atom stereocenters. The number of halogens is 1. The van der Waals surface area contributed by atoms with Crippen LogP contribution < -0.4 is 9.47 Å². The number of ether oxygens (including phenoxy) is 2. The number of hydrogen-bond donors (Lipinski definition) is 0. The molecule has 4 rings (SSSR count). The van der Waals surface area contributed by atoms with Crippen LogP contribution in [0.2, 0.25) is 5.15 Å². The van der Waals surface area contributed by atoms with Crippen LogP contribution in [-0.4, -0.2) is 16.2 Å². The summed E-state index contributed by atoms with van der Waals surface area (Å²) < 4.78 is 11.7. The van der Waals surface area contributed by atoms with Gasteiger partial charge in [0.15, 0.2) is 10.9 Å². The molecule has 5 nitrogen and oxygen atoms in total. The standard InChI is InChI=1S/C25H25ClN2O3/c1-15-6-5-7-19(16-8-9-16)22(15)31-23-20(14-21(26)27-28-23)30-24(29)17-10-12-18(13-11-17)25(2,3)4/h5-7,10-14,16H,8-9H2,1-4H3. The molecule has 1 heterocycles. The molecule has 1 aliphatic rings. The summed E-state index contributed by atoms with van der Waals surface area (Å²) in [6.07, 6.45) is 2.27. The molecule has 1 aliphatic carbocycles. The summed E-state index contributed by atoms with van der Waals surface area (Å²) in [4.78, 5) is 12.8. The zero-order chi connectivity index (χ0) is 22.2. The molecule has 0 radical (unpaired) electrons. The molecule has 0 saturated heterocycles. The molecule has 0 spiro atoms. The fourth-order valence-electron chi connectivity index (χ4n) is 3.38. The van der Waals surface area contributed by atoms with Crippen molar-refractivity contribution in [1.29, 1.82) is 0 Å². The molecule has 0 atom stereocenters. The molecule has 1 aromatic heterocycles. The van der Waals surface area contributed by atoms with Crippen molar-refractivity contribution >= 4 is 17.6 Å². The number of rotatable bonds is 5. The minimum atomic E-state index is -0.512. The van der Waals surface area contributed by atoms with Gasteiger partial charge >= 0.3 is 5.97 Å². The number of para-hydroxylation sites is 1. The predicted molar refractivity (Wildman–Crippen MR) is 120 cm³/mol. The predicted octanol–water partition coefficient (Wildman–Crippen LogP) is 6.62. The smallest absolute Gasteiger partial charge is 0.343 e. The topological polar surface area (TPSA) is 61.3 Å².